The Morgan fingerprint density at radius 1 is 1.45 bits per heavy atom. The van der Waals surface area contributed by atoms with Crippen molar-refractivity contribution in [2.75, 3.05) is 39.8 Å². The molecule has 1 N–H and O–H groups in total. The highest BCUT2D eigenvalue weighted by atomic mass is 32.1. The predicted molar refractivity (Wildman–Crippen MR) is 81.8 cm³/mol. The van der Waals surface area contributed by atoms with Gasteiger partial charge in [0.05, 0.1) is 12.6 Å². The van der Waals surface area contributed by atoms with Crippen LogP contribution in [-0.4, -0.2) is 60.5 Å². The molecule has 6 heteroatoms. The SMILES string of the molecule is CC[C@H](NC(=O)CN1CCCN(C)CC1)c1nccs1. The maximum absolute atomic E-state index is 12.2. The first-order valence-electron chi connectivity index (χ1n) is 7.28. The van der Waals surface area contributed by atoms with Gasteiger partial charge in [0.15, 0.2) is 0 Å². The third-order valence-electron chi connectivity index (χ3n) is 3.67. The Balaban J connectivity index is 1.82. The number of rotatable bonds is 5. The molecule has 1 amide bonds. The first-order valence-corrected chi connectivity index (χ1v) is 8.16. The Labute approximate surface area is 125 Å². The zero-order chi connectivity index (χ0) is 14.4. The standard InChI is InChI=1S/C14H24N4OS/c1-3-12(14-15-5-10-20-14)16-13(19)11-18-7-4-6-17(2)8-9-18/h5,10,12H,3-4,6-9,11H2,1-2H3,(H,16,19)/t12-/m0/s1. The average Bonchev–Trinajstić information content (AvgIpc) is 2.88. The minimum absolute atomic E-state index is 0.0529. The summed E-state index contributed by atoms with van der Waals surface area (Å²) in [5.41, 5.74) is 0. The van der Waals surface area contributed by atoms with Crippen LogP contribution in [0.1, 0.15) is 30.8 Å². The van der Waals surface area contributed by atoms with Crippen molar-refractivity contribution in [3.8, 4) is 0 Å². The fourth-order valence-corrected chi connectivity index (χ4v) is 3.22. The summed E-state index contributed by atoms with van der Waals surface area (Å²) in [6.07, 6.45) is 3.80. The lowest BCUT2D eigenvalue weighted by Crippen LogP contribution is -2.40. The molecule has 1 aromatic heterocycles. The van der Waals surface area contributed by atoms with Crippen molar-refractivity contribution in [1.29, 1.82) is 0 Å². The molecule has 0 radical (unpaired) electrons. The van der Waals surface area contributed by atoms with E-state index in [-0.39, 0.29) is 11.9 Å². The van der Waals surface area contributed by atoms with Gasteiger partial charge >= 0.3 is 0 Å². The molecule has 0 aromatic carbocycles. The normalized spacial score (nSPS) is 19.5. The molecule has 20 heavy (non-hydrogen) atoms. The van der Waals surface area contributed by atoms with Crippen molar-refractivity contribution in [2.45, 2.75) is 25.8 Å². The third kappa shape index (κ3) is 4.54. The van der Waals surface area contributed by atoms with Crippen LogP contribution in [0.5, 0.6) is 0 Å². The summed E-state index contributed by atoms with van der Waals surface area (Å²) in [5.74, 6) is 0.108. The molecule has 5 nitrogen and oxygen atoms in total. The monoisotopic (exact) mass is 296 g/mol. The second-order valence-corrected chi connectivity index (χ2v) is 6.26. The Morgan fingerprint density at radius 2 is 2.30 bits per heavy atom. The molecule has 2 rings (SSSR count). The van der Waals surface area contributed by atoms with Gasteiger partial charge in [0.2, 0.25) is 5.91 Å². The van der Waals surface area contributed by atoms with E-state index in [1.165, 1.54) is 0 Å². The van der Waals surface area contributed by atoms with E-state index in [4.69, 9.17) is 0 Å². The molecule has 1 aliphatic rings. The lowest BCUT2D eigenvalue weighted by Gasteiger charge is -2.21. The summed E-state index contributed by atoms with van der Waals surface area (Å²) >= 11 is 1.60. The topological polar surface area (TPSA) is 48.5 Å². The van der Waals surface area contributed by atoms with Gasteiger partial charge in [-0.25, -0.2) is 4.98 Å². The van der Waals surface area contributed by atoms with E-state index >= 15 is 0 Å². The number of carbonyl (C=O) groups is 1. The van der Waals surface area contributed by atoms with Crippen LogP contribution in [0.4, 0.5) is 0 Å². The van der Waals surface area contributed by atoms with Gasteiger partial charge in [-0.3, -0.25) is 9.69 Å². The minimum Gasteiger partial charge on any atom is -0.346 e. The van der Waals surface area contributed by atoms with Gasteiger partial charge in [0.25, 0.3) is 0 Å². The number of amides is 1. The van der Waals surface area contributed by atoms with E-state index in [9.17, 15) is 4.79 Å². The second-order valence-electron chi connectivity index (χ2n) is 5.33. The maximum Gasteiger partial charge on any atom is 0.234 e. The van der Waals surface area contributed by atoms with Crippen LogP contribution in [0.15, 0.2) is 11.6 Å². The summed E-state index contributed by atoms with van der Waals surface area (Å²) in [7, 11) is 2.14. The van der Waals surface area contributed by atoms with Gasteiger partial charge in [0.1, 0.15) is 5.01 Å². The summed E-state index contributed by atoms with van der Waals surface area (Å²) in [5, 5.41) is 6.05. The minimum atomic E-state index is 0.0529. The van der Waals surface area contributed by atoms with Crippen LogP contribution < -0.4 is 5.32 Å². The Kier molecular flexibility index (Phi) is 5.94. The number of thiazole rings is 1. The number of aromatic nitrogens is 1. The Bertz CT molecular complexity index is 409. The number of hydrogen-bond acceptors (Lipinski definition) is 5. The number of nitrogens with one attached hydrogen (secondary N) is 1. The average molecular weight is 296 g/mol. The highest BCUT2D eigenvalue weighted by Gasteiger charge is 2.18. The molecule has 1 atom stereocenters. The van der Waals surface area contributed by atoms with E-state index in [0.29, 0.717) is 6.54 Å². The molecule has 112 valence electrons. The van der Waals surface area contributed by atoms with Gasteiger partial charge in [-0.15, -0.1) is 11.3 Å². The van der Waals surface area contributed by atoms with Crippen molar-refractivity contribution < 1.29 is 4.79 Å². The van der Waals surface area contributed by atoms with Crippen molar-refractivity contribution in [1.82, 2.24) is 20.1 Å². The number of hydrogen-bond donors (Lipinski definition) is 1. The smallest absolute Gasteiger partial charge is 0.234 e. The highest BCUT2D eigenvalue weighted by molar-refractivity contribution is 7.09. The van der Waals surface area contributed by atoms with E-state index in [1.807, 2.05) is 5.38 Å². The third-order valence-corrected chi connectivity index (χ3v) is 4.56. The first-order chi connectivity index (χ1) is 9.69. The molecule has 0 bridgehead atoms. The molecule has 0 aliphatic carbocycles. The molecular formula is C14H24N4OS. The lowest BCUT2D eigenvalue weighted by molar-refractivity contribution is -0.123. The van der Waals surface area contributed by atoms with Gasteiger partial charge in [-0.05, 0) is 33.0 Å². The molecular weight excluding hydrogens is 272 g/mol. The maximum atomic E-state index is 12.2. The van der Waals surface area contributed by atoms with Gasteiger partial charge in [-0.1, -0.05) is 6.92 Å². The van der Waals surface area contributed by atoms with E-state index in [2.05, 4.69) is 34.1 Å². The van der Waals surface area contributed by atoms with Crippen LogP contribution in [0.2, 0.25) is 0 Å². The fourth-order valence-electron chi connectivity index (χ4n) is 2.45. The van der Waals surface area contributed by atoms with Crippen LogP contribution in [0.25, 0.3) is 0 Å². The van der Waals surface area contributed by atoms with Crippen molar-refractivity contribution in [3.05, 3.63) is 16.6 Å². The summed E-state index contributed by atoms with van der Waals surface area (Å²) < 4.78 is 0. The van der Waals surface area contributed by atoms with Crippen LogP contribution in [0.3, 0.4) is 0 Å². The summed E-state index contributed by atoms with van der Waals surface area (Å²) in [4.78, 5) is 21.0. The first kappa shape index (κ1) is 15.4. The molecule has 1 aliphatic heterocycles. The summed E-state index contributed by atoms with van der Waals surface area (Å²) in [6, 6.07) is 0.0529. The van der Waals surface area contributed by atoms with Crippen molar-refractivity contribution in [2.24, 2.45) is 0 Å². The predicted octanol–water partition coefficient (Wildman–Crippen LogP) is 1.35. The van der Waals surface area contributed by atoms with Crippen molar-refractivity contribution in [3.63, 3.8) is 0 Å². The summed E-state index contributed by atoms with van der Waals surface area (Å²) in [6.45, 7) is 6.71. The number of nitrogens with zero attached hydrogens (tertiary/aromatic N) is 3. The molecule has 1 saturated heterocycles. The molecule has 1 aromatic rings. The molecule has 2 heterocycles. The molecule has 0 unspecified atom stereocenters. The fraction of sp³-hybridized carbons (Fsp3) is 0.714. The van der Waals surface area contributed by atoms with E-state index in [1.54, 1.807) is 17.5 Å². The second kappa shape index (κ2) is 7.71. The Hall–Kier alpha value is -0.980. The van der Waals surface area contributed by atoms with Gasteiger partial charge in [-0.2, -0.15) is 0 Å². The Morgan fingerprint density at radius 3 is 3.00 bits per heavy atom. The largest absolute Gasteiger partial charge is 0.346 e. The van der Waals surface area contributed by atoms with Crippen LogP contribution in [-0.2, 0) is 4.79 Å². The zero-order valence-electron chi connectivity index (χ0n) is 12.3. The highest BCUT2D eigenvalue weighted by Crippen LogP contribution is 2.18. The van der Waals surface area contributed by atoms with Crippen molar-refractivity contribution >= 4 is 17.2 Å². The number of likely N-dealkylation sites (N-methyl/N-ethyl adjacent to an activating group) is 1. The quantitative estimate of drug-likeness (QED) is 0.891. The number of carbonyl (C=O) groups excluding carboxylic acids is 1. The van der Waals surface area contributed by atoms with Gasteiger partial charge < -0.3 is 10.2 Å². The van der Waals surface area contributed by atoms with E-state index in [0.717, 1.165) is 44.0 Å². The van der Waals surface area contributed by atoms with Crippen LogP contribution >= 0.6 is 11.3 Å². The van der Waals surface area contributed by atoms with Crippen LogP contribution in [0, 0.1) is 0 Å². The lowest BCUT2D eigenvalue weighted by atomic mass is 10.2. The van der Waals surface area contributed by atoms with E-state index < -0.39 is 0 Å². The van der Waals surface area contributed by atoms with Gasteiger partial charge in [0, 0.05) is 24.7 Å². The molecule has 0 saturated carbocycles. The zero-order valence-corrected chi connectivity index (χ0v) is 13.2. The molecule has 0 spiro atoms. The molecule has 1 fully saturated rings.